The van der Waals surface area contributed by atoms with Gasteiger partial charge in [-0.15, -0.1) is 0 Å². The second-order valence-electron chi connectivity index (χ2n) is 3.73. The first-order chi connectivity index (χ1) is 8.60. The Labute approximate surface area is 116 Å². The van der Waals surface area contributed by atoms with Crippen molar-refractivity contribution < 1.29 is 15.0 Å². The van der Waals surface area contributed by atoms with Crippen LogP contribution in [-0.2, 0) is 4.79 Å². The summed E-state index contributed by atoms with van der Waals surface area (Å²) in [6.45, 7) is 10.9. The number of phenols is 2. The molecule has 0 aromatic heterocycles. The first-order valence-electron chi connectivity index (χ1n) is 5.86. The zero-order chi connectivity index (χ0) is 14.1. The van der Waals surface area contributed by atoms with Gasteiger partial charge in [0.2, 0.25) is 0 Å². The lowest BCUT2D eigenvalue weighted by molar-refractivity contribution is -0.0979. The first-order valence-corrected chi connectivity index (χ1v) is 5.86. The van der Waals surface area contributed by atoms with Crippen LogP contribution in [0.4, 0.5) is 5.69 Å². The van der Waals surface area contributed by atoms with E-state index in [1.807, 2.05) is 18.6 Å². The molecule has 0 fully saturated rings. The first kappa shape index (κ1) is 19.4. The summed E-state index contributed by atoms with van der Waals surface area (Å²) in [7, 11) is 0. The van der Waals surface area contributed by atoms with E-state index in [-0.39, 0.29) is 18.9 Å². The topological polar surface area (TPSA) is 60.8 Å². The van der Waals surface area contributed by atoms with Crippen LogP contribution in [0.2, 0.25) is 0 Å². The number of aromatic hydroxyl groups is 2. The van der Waals surface area contributed by atoms with Crippen molar-refractivity contribution in [3.05, 3.63) is 30.5 Å². The van der Waals surface area contributed by atoms with E-state index in [0.717, 1.165) is 25.1 Å². The highest BCUT2D eigenvalue weighted by atomic mass is 16.3. The maximum absolute atomic E-state index is 9.77. The molecule has 1 aromatic carbocycles. The third-order valence-electron chi connectivity index (χ3n) is 2.49. The van der Waals surface area contributed by atoms with Crippen LogP contribution in [0.5, 0.6) is 11.5 Å². The van der Waals surface area contributed by atoms with Crippen molar-refractivity contribution >= 4 is 12.5 Å². The molecule has 0 bridgehead atoms. The molecule has 1 rings (SSSR count). The van der Waals surface area contributed by atoms with Crippen LogP contribution in [0, 0.1) is 0 Å². The average Bonchev–Trinajstić information content (AvgIpc) is 2.35. The summed E-state index contributed by atoms with van der Waals surface area (Å²) in [6.07, 6.45) is 1.92. The van der Waals surface area contributed by atoms with E-state index in [9.17, 15) is 10.2 Å². The SMILES string of the molecule is C.C=C(CCC)N(CC)c1ccc(O)cc1O.C=O. The Kier molecular flexibility index (Phi) is 10.2. The molecular weight excluding hydrogens is 242 g/mol. The van der Waals surface area contributed by atoms with E-state index >= 15 is 0 Å². The fraction of sp³-hybridized carbons (Fsp3) is 0.400. The van der Waals surface area contributed by atoms with Gasteiger partial charge in [-0.3, -0.25) is 0 Å². The number of phenolic OH excluding ortho intramolecular Hbond substituents is 2. The standard InChI is InChI=1S/C13H19NO2.CH2O.CH4/c1-4-6-10(3)14(5-2)12-8-7-11(15)9-13(12)16;1-2;/h7-9,15-16H,3-6H2,1-2H3;1H2;1H4. The predicted molar refractivity (Wildman–Crippen MR) is 80.7 cm³/mol. The third kappa shape index (κ3) is 5.46. The number of allylic oxidation sites excluding steroid dienone is 1. The van der Waals surface area contributed by atoms with Crippen LogP contribution in [0.3, 0.4) is 0 Å². The maximum Gasteiger partial charge on any atom is 0.142 e. The number of carbonyl (C=O) groups excluding carboxylic acids is 1. The summed E-state index contributed by atoms with van der Waals surface area (Å²) in [4.78, 5) is 9.96. The summed E-state index contributed by atoms with van der Waals surface area (Å²) >= 11 is 0. The predicted octanol–water partition coefficient (Wildman–Crippen LogP) is 3.69. The Hall–Kier alpha value is -1.97. The second kappa shape index (κ2) is 10.00. The molecule has 0 radical (unpaired) electrons. The van der Waals surface area contributed by atoms with Crippen LogP contribution in [0.25, 0.3) is 0 Å². The van der Waals surface area contributed by atoms with Crippen LogP contribution in [-0.4, -0.2) is 23.5 Å². The summed E-state index contributed by atoms with van der Waals surface area (Å²) in [5.41, 5.74) is 1.67. The number of nitrogens with zero attached hydrogens (tertiary/aromatic N) is 1. The highest BCUT2D eigenvalue weighted by Crippen LogP contribution is 2.33. The van der Waals surface area contributed by atoms with Gasteiger partial charge in [0, 0.05) is 18.3 Å². The maximum atomic E-state index is 9.77. The molecule has 0 aliphatic carbocycles. The molecule has 0 saturated heterocycles. The van der Waals surface area contributed by atoms with E-state index in [2.05, 4.69) is 13.5 Å². The lowest BCUT2D eigenvalue weighted by atomic mass is 10.2. The van der Waals surface area contributed by atoms with Gasteiger partial charge in [0.15, 0.2) is 0 Å². The molecule has 0 spiro atoms. The lowest BCUT2D eigenvalue weighted by Gasteiger charge is -2.26. The molecule has 2 N–H and O–H groups in total. The largest absolute Gasteiger partial charge is 0.508 e. The van der Waals surface area contributed by atoms with E-state index in [4.69, 9.17) is 4.79 Å². The summed E-state index contributed by atoms with van der Waals surface area (Å²) in [5.74, 6) is 0.150. The summed E-state index contributed by atoms with van der Waals surface area (Å²) < 4.78 is 0. The number of benzene rings is 1. The van der Waals surface area contributed by atoms with Gasteiger partial charge >= 0.3 is 0 Å². The molecule has 0 aliphatic rings. The Morgan fingerprint density at radius 3 is 2.26 bits per heavy atom. The van der Waals surface area contributed by atoms with Crippen molar-refractivity contribution in [2.45, 2.75) is 34.1 Å². The number of hydrogen-bond donors (Lipinski definition) is 2. The van der Waals surface area contributed by atoms with Crippen molar-refractivity contribution in [1.29, 1.82) is 0 Å². The summed E-state index contributed by atoms with van der Waals surface area (Å²) in [5, 5.41) is 19.0. The molecule has 0 aliphatic heterocycles. The molecule has 4 nitrogen and oxygen atoms in total. The van der Waals surface area contributed by atoms with Crippen molar-refractivity contribution in [2.75, 3.05) is 11.4 Å². The second-order valence-corrected chi connectivity index (χ2v) is 3.73. The lowest BCUT2D eigenvalue weighted by Crippen LogP contribution is -2.21. The van der Waals surface area contributed by atoms with Gasteiger partial charge in [0.1, 0.15) is 18.3 Å². The Balaban J connectivity index is 0. The molecular formula is C15H25NO3. The minimum absolute atomic E-state index is 0. The number of rotatable bonds is 5. The summed E-state index contributed by atoms with van der Waals surface area (Å²) in [6, 6.07) is 4.61. The Morgan fingerprint density at radius 1 is 1.26 bits per heavy atom. The van der Waals surface area contributed by atoms with E-state index in [1.165, 1.54) is 6.07 Å². The van der Waals surface area contributed by atoms with Crippen molar-refractivity contribution in [2.24, 2.45) is 0 Å². The van der Waals surface area contributed by atoms with Gasteiger partial charge < -0.3 is 19.9 Å². The van der Waals surface area contributed by atoms with E-state index < -0.39 is 0 Å². The van der Waals surface area contributed by atoms with Crippen LogP contribution < -0.4 is 4.90 Å². The van der Waals surface area contributed by atoms with Gasteiger partial charge in [-0.2, -0.15) is 0 Å². The highest BCUT2D eigenvalue weighted by molar-refractivity contribution is 5.63. The molecule has 4 heteroatoms. The van der Waals surface area contributed by atoms with Crippen LogP contribution in [0.15, 0.2) is 30.5 Å². The van der Waals surface area contributed by atoms with Gasteiger partial charge in [0.05, 0.1) is 5.69 Å². The molecule has 0 heterocycles. The zero-order valence-electron chi connectivity index (χ0n) is 11.0. The molecule has 1 aromatic rings. The van der Waals surface area contributed by atoms with Crippen LogP contribution >= 0.6 is 0 Å². The van der Waals surface area contributed by atoms with Gasteiger partial charge in [-0.25, -0.2) is 0 Å². The number of hydrogen-bond acceptors (Lipinski definition) is 4. The molecule has 0 amide bonds. The zero-order valence-corrected chi connectivity index (χ0v) is 11.0. The minimum Gasteiger partial charge on any atom is -0.508 e. The molecule has 19 heavy (non-hydrogen) atoms. The van der Waals surface area contributed by atoms with Crippen molar-refractivity contribution in [3.63, 3.8) is 0 Å². The van der Waals surface area contributed by atoms with Crippen LogP contribution in [0.1, 0.15) is 34.1 Å². The highest BCUT2D eigenvalue weighted by Gasteiger charge is 2.12. The van der Waals surface area contributed by atoms with E-state index in [1.54, 1.807) is 12.1 Å². The Morgan fingerprint density at radius 2 is 1.84 bits per heavy atom. The number of anilines is 1. The molecule has 0 atom stereocenters. The Bertz CT molecular complexity index is 391. The number of carbonyl (C=O) groups is 1. The van der Waals surface area contributed by atoms with Gasteiger partial charge in [0.25, 0.3) is 0 Å². The normalized spacial score (nSPS) is 8.74. The average molecular weight is 267 g/mol. The molecule has 0 saturated carbocycles. The smallest absolute Gasteiger partial charge is 0.142 e. The molecule has 0 unspecified atom stereocenters. The van der Waals surface area contributed by atoms with Gasteiger partial charge in [-0.1, -0.05) is 27.4 Å². The van der Waals surface area contributed by atoms with Crippen molar-refractivity contribution in [1.82, 2.24) is 0 Å². The quantitative estimate of drug-likeness (QED) is 0.854. The van der Waals surface area contributed by atoms with Gasteiger partial charge in [-0.05, 0) is 25.5 Å². The van der Waals surface area contributed by atoms with E-state index in [0.29, 0.717) is 5.69 Å². The monoisotopic (exact) mass is 267 g/mol. The van der Waals surface area contributed by atoms with Crippen molar-refractivity contribution in [3.8, 4) is 11.5 Å². The molecule has 108 valence electrons. The fourth-order valence-corrected chi connectivity index (χ4v) is 1.73. The third-order valence-corrected chi connectivity index (χ3v) is 2.49. The minimum atomic E-state index is 0. The fourth-order valence-electron chi connectivity index (χ4n) is 1.73.